The summed E-state index contributed by atoms with van der Waals surface area (Å²) in [6.07, 6.45) is 0.917. The van der Waals surface area contributed by atoms with Crippen LogP contribution in [0.3, 0.4) is 0 Å². The van der Waals surface area contributed by atoms with E-state index in [1.165, 1.54) is 0 Å². The maximum atomic E-state index is 9.20. The van der Waals surface area contributed by atoms with Gasteiger partial charge in [0.05, 0.1) is 5.69 Å². The van der Waals surface area contributed by atoms with Gasteiger partial charge in [-0.05, 0) is 18.1 Å². The molecule has 0 aliphatic carbocycles. The fourth-order valence-electron chi connectivity index (χ4n) is 0.919. The second-order valence-electron chi connectivity index (χ2n) is 2.29. The summed E-state index contributed by atoms with van der Waals surface area (Å²) >= 11 is 2.28. The highest BCUT2D eigenvalue weighted by Gasteiger charge is 2.01. The summed E-state index contributed by atoms with van der Waals surface area (Å²) in [7, 11) is 0. The fourth-order valence-corrected chi connectivity index (χ4v) is 1.50. The van der Waals surface area contributed by atoms with Crippen molar-refractivity contribution in [3.63, 3.8) is 0 Å². The highest BCUT2D eigenvalue weighted by atomic mass is 127. The van der Waals surface area contributed by atoms with Crippen molar-refractivity contribution >= 4 is 28.3 Å². The molecule has 0 atom stereocenters. The van der Waals surface area contributed by atoms with Crippen molar-refractivity contribution in [1.29, 1.82) is 0 Å². The maximum absolute atomic E-state index is 9.20. The molecule has 0 saturated heterocycles. The number of anilines is 1. The van der Waals surface area contributed by atoms with Crippen molar-refractivity contribution in [2.24, 2.45) is 0 Å². The number of hydrogen-bond acceptors (Lipinski definition) is 2. The van der Waals surface area contributed by atoms with Gasteiger partial charge in [0.2, 0.25) is 0 Å². The lowest BCUT2D eigenvalue weighted by molar-refractivity contribution is 0.477. The first-order chi connectivity index (χ1) is 5.25. The number of aromatic hydroxyl groups is 1. The number of para-hydroxylation sites is 1. The Morgan fingerprint density at radius 2 is 2.18 bits per heavy atom. The molecule has 0 radical (unpaired) electrons. The van der Waals surface area contributed by atoms with Crippen LogP contribution in [0.15, 0.2) is 18.2 Å². The van der Waals surface area contributed by atoms with Gasteiger partial charge in [-0.2, -0.15) is 0 Å². The minimum absolute atomic E-state index is 0.187. The maximum Gasteiger partial charge on any atom is 0.138 e. The summed E-state index contributed by atoms with van der Waals surface area (Å²) in [5, 5.41) is 9.20. The zero-order valence-corrected chi connectivity index (χ0v) is 8.21. The van der Waals surface area contributed by atoms with E-state index in [1.807, 2.05) is 12.1 Å². The van der Waals surface area contributed by atoms with E-state index in [4.69, 9.17) is 5.73 Å². The molecule has 0 heterocycles. The molecule has 0 spiro atoms. The molecule has 1 aromatic carbocycles. The zero-order chi connectivity index (χ0) is 8.27. The SMILES string of the molecule is Nc1c(O)cccc1CCI. The Morgan fingerprint density at radius 3 is 2.82 bits per heavy atom. The number of hydrogen-bond donors (Lipinski definition) is 2. The molecule has 3 N–H and O–H groups in total. The largest absolute Gasteiger partial charge is 0.506 e. The molecule has 0 aliphatic rings. The molecule has 1 rings (SSSR count). The van der Waals surface area contributed by atoms with Gasteiger partial charge in [-0.25, -0.2) is 0 Å². The lowest BCUT2D eigenvalue weighted by Gasteiger charge is -2.04. The molecule has 0 saturated carbocycles. The first-order valence-corrected chi connectivity index (χ1v) is 4.90. The lowest BCUT2D eigenvalue weighted by Crippen LogP contribution is -1.94. The van der Waals surface area contributed by atoms with Crippen LogP contribution >= 0.6 is 22.6 Å². The molecule has 0 amide bonds. The van der Waals surface area contributed by atoms with Gasteiger partial charge in [-0.3, -0.25) is 0 Å². The summed E-state index contributed by atoms with van der Waals surface area (Å²) < 4.78 is 1.02. The molecule has 0 bridgehead atoms. The molecule has 3 heteroatoms. The Morgan fingerprint density at radius 1 is 1.45 bits per heavy atom. The second-order valence-corrected chi connectivity index (χ2v) is 3.37. The fraction of sp³-hybridized carbons (Fsp3) is 0.250. The second kappa shape index (κ2) is 3.80. The molecule has 1 aromatic rings. The van der Waals surface area contributed by atoms with E-state index in [9.17, 15) is 5.11 Å². The molecular formula is C8H10INO. The normalized spacial score (nSPS) is 9.91. The number of rotatable bonds is 2. The van der Waals surface area contributed by atoms with Crippen LogP contribution < -0.4 is 5.73 Å². The van der Waals surface area contributed by atoms with Gasteiger partial charge < -0.3 is 10.8 Å². The third-order valence-electron chi connectivity index (χ3n) is 1.54. The van der Waals surface area contributed by atoms with Gasteiger partial charge >= 0.3 is 0 Å². The van der Waals surface area contributed by atoms with Gasteiger partial charge in [0, 0.05) is 4.43 Å². The molecule has 2 nitrogen and oxygen atoms in total. The minimum Gasteiger partial charge on any atom is -0.506 e. The van der Waals surface area contributed by atoms with Crippen LogP contribution in [0.4, 0.5) is 5.69 Å². The van der Waals surface area contributed by atoms with Crippen molar-refractivity contribution in [3.05, 3.63) is 23.8 Å². The highest BCUT2D eigenvalue weighted by molar-refractivity contribution is 14.1. The predicted octanol–water partition coefficient (Wildman–Crippen LogP) is 1.95. The Balaban J connectivity index is 2.96. The van der Waals surface area contributed by atoms with Crippen LogP contribution in [0.25, 0.3) is 0 Å². The van der Waals surface area contributed by atoms with E-state index in [-0.39, 0.29) is 5.75 Å². The average molecular weight is 263 g/mol. The third-order valence-corrected chi connectivity index (χ3v) is 2.08. The summed E-state index contributed by atoms with van der Waals surface area (Å²) in [6.45, 7) is 0. The van der Waals surface area contributed by atoms with E-state index in [1.54, 1.807) is 6.07 Å². The van der Waals surface area contributed by atoms with Crippen molar-refractivity contribution < 1.29 is 5.11 Å². The summed E-state index contributed by atoms with van der Waals surface area (Å²) in [6, 6.07) is 5.35. The number of nitrogens with two attached hydrogens (primary N) is 1. The number of halogens is 1. The van der Waals surface area contributed by atoms with Crippen molar-refractivity contribution in [3.8, 4) is 5.75 Å². The standard InChI is InChI=1S/C8H10INO/c9-5-4-6-2-1-3-7(11)8(6)10/h1-3,11H,4-5,10H2. The average Bonchev–Trinajstić information content (AvgIpc) is 1.99. The van der Waals surface area contributed by atoms with E-state index in [0.29, 0.717) is 5.69 Å². The molecule has 0 unspecified atom stereocenters. The summed E-state index contributed by atoms with van der Waals surface area (Å²) in [4.78, 5) is 0. The number of nitrogen functional groups attached to an aromatic ring is 1. The number of aryl methyl sites for hydroxylation is 1. The van der Waals surface area contributed by atoms with Crippen LogP contribution in [0.5, 0.6) is 5.75 Å². The number of benzene rings is 1. The number of alkyl halides is 1. The van der Waals surface area contributed by atoms with Gasteiger partial charge in [0.15, 0.2) is 0 Å². The van der Waals surface area contributed by atoms with Gasteiger partial charge in [0.25, 0.3) is 0 Å². The van der Waals surface area contributed by atoms with E-state index < -0.39 is 0 Å². The predicted molar refractivity (Wildman–Crippen MR) is 55.1 cm³/mol. The first kappa shape index (κ1) is 8.64. The van der Waals surface area contributed by atoms with Crippen LogP contribution in [0.1, 0.15) is 5.56 Å². The monoisotopic (exact) mass is 263 g/mol. The third kappa shape index (κ3) is 1.99. The summed E-state index contributed by atoms with van der Waals surface area (Å²) in [5.74, 6) is 0.187. The van der Waals surface area contributed by atoms with Crippen LogP contribution in [-0.4, -0.2) is 9.53 Å². The molecule has 0 aromatic heterocycles. The topological polar surface area (TPSA) is 46.2 Å². The molecule has 60 valence electrons. The molecule has 0 fully saturated rings. The smallest absolute Gasteiger partial charge is 0.138 e. The van der Waals surface area contributed by atoms with E-state index >= 15 is 0 Å². The van der Waals surface area contributed by atoms with Gasteiger partial charge in [-0.15, -0.1) is 0 Å². The minimum atomic E-state index is 0.187. The van der Waals surface area contributed by atoms with Crippen LogP contribution in [0, 0.1) is 0 Å². The number of phenols is 1. The zero-order valence-electron chi connectivity index (χ0n) is 6.05. The van der Waals surface area contributed by atoms with E-state index in [0.717, 1.165) is 16.4 Å². The number of phenolic OH excluding ortho intramolecular Hbond substituents is 1. The van der Waals surface area contributed by atoms with Gasteiger partial charge in [-0.1, -0.05) is 34.7 Å². The van der Waals surface area contributed by atoms with Crippen molar-refractivity contribution in [2.75, 3.05) is 10.2 Å². The van der Waals surface area contributed by atoms with E-state index in [2.05, 4.69) is 22.6 Å². The molecular weight excluding hydrogens is 253 g/mol. The van der Waals surface area contributed by atoms with Crippen LogP contribution in [0.2, 0.25) is 0 Å². The Kier molecular flexibility index (Phi) is 2.99. The highest BCUT2D eigenvalue weighted by Crippen LogP contribution is 2.23. The Bertz CT molecular complexity index is 250. The lowest BCUT2D eigenvalue weighted by atomic mass is 10.1. The van der Waals surface area contributed by atoms with Gasteiger partial charge in [0.1, 0.15) is 5.75 Å². The van der Waals surface area contributed by atoms with Crippen LogP contribution in [-0.2, 0) is 6.42 Å². The quantitative estimate of drug-likeness (QED) is 0.371. The summed E-state index contributed by atoms with van der Waals surface area (Å²) in [5.41, 5.74) is 7.16. The first-order valence-electron chi connectivity index (χ1n) is 3.38. The molecule has 11 heavy (non-hydrogen) atoms. The Labute approximate surface area is 79.6 Å². The van der Waals surface area contributed by atoms with Crippen molar-refractivity contribution in [2.45, 2.75) is 6.42 Å². The molecule has 0 aliphatic heterocycles. The van der Waals surface area contributed by atoms with Crippen molar-refractivity contribution in [1.82, 2.24) is 0 Å². The Hall–Kier alpha value is -0.450.